The number of nitrogens with zero attached hydrogens (tertiary/aromatic N) is 2. The van der Waals surface area contributed by atoms with E-state index in [1.165, 1.54) is 11.3 Å². The van der Waals surface area contributed by atoms with Crippen molar-refractivity contribution in [3.8, 4) is 0 Å². The van der Waals surface area contributed by atoms with Crippen LogP contribution in [0.1, 0.15) is 25.6 Å². The molecule has 1 saturated heterocycles. The summed E-state index contributed by atoms with van der Waals surface area (Å²) in [6.07, 6.45) is 2.26. The molecule has 0 radical (unpaired) electrons. The lowest BCUT2D eigenvalue weighted by molar-refractivity contribution is 0.162. The van der Waals surface area contributed by atoms with Crippen LogP contribution in [0, 0.1) is 5.92 Å². The van der Waals surface area contributed by atoms with Gasteiger partial charge < -0.3 is 10.7 Å². The molecule has 1 fully saturated rings. The lowest BCUT2D eigenvalue weighted by Gasteiger charge is -2.33. The van der Waals surface area contributed by atoms with Crippen LogP contribution in [0.5, 0.6) is 0 Å². The second kappa shape index (κ2) is 5.63. The SMILES string of the molecule is CC(N)C1CCN(Cc2nc3ccsc3c(=O)[nH]2)CC1. The van der Waals surface area contributed by atoms with Crippen molar-refractivity contribution in [2.75, 3.05) is 13.1 Å². The van der Waals surface area contributed by atoms with E-state index in [2.05, 4.69) is 21.8 Å². The van der Waals surface area contributed by atoms with Crippen LogP contribution in [0.4, 0.5) is 0 Å². The van der Waals surface area contributed by atoms with E-state index in [9.17, 15) is 4.79 Å². The summed E-state index contributed by atoms with van der Waals surface area (Å²) >= 11 is 1.44. The molecular weight excluding hydrogens is 272 g/mol. The smallest absolute Gasteiger partial charge is 0.268 e. The van der Waals surface area contributed by atoms with E-state index >= 15 is 0 Å². The van der Waals surface area contributed by atoms with E-state index in [1.807, 2.05) is 11.4 Å². The topological polar surface area (TPSA) is 75.0 Å². The van der Waals surface area contributed by atoms with Crippen molar-refractivity contribution in [3.05, 3.63) is 27.6 Å². The Morgan fingerprint density at radius 3 is 3.00 bits per heavy atom. The zero-order valence-electron chi connectivity index (χ0n) is 11.6. The molecule has 1 aliphatic rings. The maximum atomic E-state index is 11.9. The van der Waals surface area contributed by atoms with E-state index in [-0.39, 0.29) is 11.6 Å². The van der Waals surface area contributed by atoms with Crippen LogP contribution in [-0.2, 0) is 6.54 Å². The summed E-state index contributed by atoms with van der Waals surface area (Å²) in [4.78, 5) is 21.7. The van der Waals surface area contributed by atoms with Gasteiger partial charge in [0.1, 0.15) is 10.5 Å². The quantitative estimate of drug-likeness (QED) is 0.900. The highest BCUT2D eigenvalue weighted by Crippen LogP contribution is 2.21. The third-order valence-electron chi connectivity index (χ3n) is 4.11. The van der Waals surface area contributed by atoms with E-state index in [4.69, 9.17) is 5.73 Å². The summed E-state index contributed by atoms with van der Waals surface area (Å²) in [5.74, 6) is 1.39. The number of fused-ring (bicyclic) bond motifs is 1. The van der Waals surface area contributed by atoms with E-state index < -0.39 is 0 Å². The Bertz CT molecular complexity index is 640. The molecular formula is C14H20N4OS. The molecule has 108 valence electrons. The first-order chi connectivity index (χ1) is 9.63. The minimum absolute atomic E-state index is 0.0227. The molecule has 1 unspecified atom stereocenters. The maximum Gasteiger partial charge on any atom is 0.268 e. The number of nitrogens with one attached hydrogen (secondary N) is 1. The van der Waals surface area contributed by atoms with Crippen molar-refractivity contribution in [3.63, 3.8) is 0 Å². The van der Waals surface area contributed by atoms with Gasteiger partial charge in [-0.1, -0.05) is 0 Å². The molecule has 0 amide bonds. The molecule has 3 N–H and O–H groups in total. The number of likely N-dealkylation sites (tertiary alicyclic amines) is 1. The molecule has 3 rings (SSSR count). The molecule has 0 aromatic carbocycles. The molecule has 1 aliphatic heterocycles. The molecule has 2 aromatic heterocycles. The van der Waals surface area contributed by atoms with Gasteiger partial charge in [-0.15, -0.1) is 11.3 Å². The Hall–Kier alpha value is -1.24. The van der Waals surface area contributed by atoms with Crippen LogP contribution in [0.3, 0.4) is 0 Å². The zero-order chi connectivity index (χ0) is 14.1. The molecule has 0 aliphatic carbocycles. The lowest BCUT2D eigenvalue weighted by Crippen LogP contribution is -2.39. The fourth-order valence-corrected chi connectivity index (χ4v) is 3.57. The third kappa shape index (κ3) is 2.77. The van der Waals surface area contributed by atoms with Gasteiger partial charge in [0.25, 0.3) is 5.56 Å². The van der Waals surface area contributed by atoms with Gasteiger partial charge in [-0.2, -0.15) is 0 Å². The van der Waals surface area contributed by atoms with Gasteiger partial charge in [0.05, 0.1) is 12.1 Å². The van der Waals surface area contributed by atoms with Gasteiger partial charge in [-0.25, -0.2) is 4.98 Å². The molecule has 1 atom stereocenters. The number of piperidine rings is 1. The summed E-state index contributed by atoms with van der Waals surface area (Å²) in [7, 11) is 0. The number of hydrogen-bond acceptors (Lipinski definition) is 5. The first kappa shape index (κ1) is 13.7. The van der Waals surface area contributed by atoms with Gasteiger partial charge in [0.2, 0.25) is 0 Å². The molecule has 20 heavy (non-hydrogen) atoms. The first-order valence-corrected chi connectivity index (χ1v) is 7.96. The number of H-pyrrole nitrogens is 1. The normalized spacial score (nSPS) is 19.5. The molecule has 5 nitrogen and oxygen atoms in total. The number of aromatic amines is 1. The largest absolute Gasteiger partial charge is 0.328 e. The average Bonchev–Trinajstić information content (AvgIpc) is 2.88. The molecule has 3 heterocycles. The van der Waals surface area contributed by atoms with Gasteiger partial charge in [0.15, 0.2) is 0 Å². The second-order valence-corrected chi connectivity index (χ2v) is 6.54. The van der Waals surface area contributed by atoms with E-state index in [0.717, 1.165) is 37.3 Å². The molecule has 0 saturated carbocycles. The minimum atomic E-state index is -0.0227. The number of aromatic nitrogens is 2. The number of thiophene rings is 1. The van der Waals surface area contributed by atoms with Crippen molar-refractivity contribution in [2.45, 2.75) is 32.4 Å². The maximum absolute atomic E-state index is 11.9. The highest BCUT2D eigenvalue weighted by molar-refractivity contribution is 7.17. The van der Waals surface area contributed by atoms with Crippen LogP contribution in [0.25, 0.3) is 10.2 Å². The summed E-state index contributed by atoms with van der Waals surface area (Å²) < 4.78 is 0.712. The van der Waals surface area contributed by atoms with Gasteiger partial charge in [0, 0.05) is 6.04 Å². The van der Waals surface area contributed by atoms with Crippen molar-refractivity contribution in [1.29, 1.82) is 0 Å². The summed E-state index contributed by atoms with van der Waals surface area (Å²) in [6.45, 7) is 4.85. The first-order valence-electron chi connectivity index (χ1n) is 7.08. The summed E-state index contributed by atoms with van der Waals surface area (Å²) in [5.41, 5.74) is 6.74. The van der Waals surface area contributed by atoms with Crippen molar-refractivity contribution in [1.82, 2.24) is 14.9 Å². The summed E-state index contributed by atoms with van der Waals surface area (Å²) in [5, 5.41) is 1.91. The second-order valence-electron chi connectivity index (χ2n) is 5.62. The monoisotopic (exact) mass is 292 g/mol. The predicted molar refractivity (Wildman–Crippen MR) is 81.9 cm³/mol. The fourth-order valence-electron chi connectivity index (χ4n) is 2.85. The Kier molecular flexibility index (Phi) is 3.87. The number of nitrogens with two attached hydrogens (primary N) is 1. The lowest BCUT2D eigenvalue weighted by atomic mass is 9.91. The van der Waals surface area contributed by atoms with Gasteiger partial charge in [-0.05, 0) is 50.2 Å². The molecule has 2 aromatic rings. The summed E-state index contributed by atoms with van der Waals surface area (Å²) in [6, 6.07) is 2.18. The highest BCUT2D eigenvalue weighted by atomic mass is 32.1. The number of hydrogen-bond donors (Lipinski definition) is 2. The predicted octanol–water partition coefficient (Wildman–Crippen LogP) is 1.54. The third-order valence-corrected chi connectivity index (χ3v) is 5.02. The highest BCUT2D eigenvalue weighted by Gasteiger charge is 2.22. The van der Waals surface area contributed by atoms with Gasteiger partial charge in [-0.3, -0.25) is 9.69 Å². The van der Waals surface area contributed by atoms with Crippen LogP contribution >= 0.6 is 11.3 Å². The number of rotatable bonds is 3. The fraction of sp³-hybridized carbons (Fsp3) is 0.571. The molecule has 6 heteroatoms. The zero-order valence-corrected chi connectivity index (χ0v) is 12.4. The average molecular weight is 292 g/mol. The van der Waals surface area contributed by atoms with E-state index in [0.29, 0.717) is 17.2 Å². The Morgan fingerprint density at radius 1 is 1.55 bits per heavy atom. The Balaban J connectivity index is 1.70. The van der Waals surface area contributed by atoms with Crippen molar-refractivity contribution in [2.24, 2.45) is 11.7 Å². The van der Waals surface area contributed by atoms with Crippen LogP contribution < -0.4 is 11.3 Å². The van der Waals surface area contributed by atoms with Crippen LogP contribution in [0.2, 0.25) is 0 Å². The van der Waals surface area contributed by atoms with Gasteiger partial charge >= 0.3 is 0 Å². The standard InChI is InChI=1S/C14H20N4OS/c1-9(15)10-2-5-18(6-3-10)8-12-16-11-4-7-20-13(11)14(19)17-12/h4,7,9-10H,2-3,5-6,8,15H2,1H3,(H,16,17,19). The van der Waals surface area contributed by atoms with Crippen molar-refractivity contribution >= 4 is 21.6 Å². The molecule has 0 spiro atoms. The Labute approximate surface area is 121 Å². The van der Waals surface area contributed by atoms with Crippen LogP contribution in [0.15, 0.2) is 16.2 Å². The Morgan fingerprint density at radius 2 is 2.30 bits per heavy atom. The van der Waals surface area contributed by atoms with Crippen molar-refractivity contribution < 1.29 is 0 Å². The van der Waals surface area contributed by atoms with Crippen LogP contribution in [-0.4, -0.2) is 34.0 Å². The van der Waals surface area contributed by atoms with E-state index in [1.54, 1.807) is 0 Å². The minimum Gasteiger partial charge on any atom is -0.328 e. The molecule has 0 bridgehead atoms.